The fraction of sp³-hybridized carbons (Fsp3) is 0.455. The predicted molar refractivity (Wildman–Crippen MR) is 70.1 cm³/mol. The van der Waals surface area contributed by atoms with Gasteiger partial charge in [0.05, 0.1) is 10.2 Å². The van der Waals surface area contributed by atoms with Gasteiger partial charge < -0.3 is 4.90 Å². The SMILES string of the molecule is CN(CCS(C)(=O)=O)Cc1ccc(F)c(Br)c1. The van der Waals surface area contributed by atoms with Crippen LogP contribution in [0.5, 0.6) is 0 Å². The van der Waals surface area contributed by atoms with E-state index in [0.29, 0.717) is 17.6 Å². The van der Waals surface area contributed by atoms with E-state index in [0.717, 1.165) is 5.56 Å². The van der Waals surface area contributed by atoms with Gasteiger partial charge in [0.2, 0.25) is 0 Å². The van der Waals surface area contributed by atoms with Crippen molar-refractivity contribution in [2.24, 2.45) is 0 Å². The van der Waals surface area contributed by atoms with Crippen LogP contribution in [-0.4, -0.2) is 38.9 Å². The summed E-state index contributed by atoms with van der Waals surface area (Å²) in [6.07, 6.45) is 1.22. The van der Waals surface area contributed by atoms with Gasteiger partial charge in [0.1, 0.15) is 15.7 Å². The molecule has 0 aliphatic heterocycles. The number of sulfone groups is 1. The van der Waals surface area contributed by atoms with Gasteiger partial charge in [-0.05, 0) is 40.7 Å². The third-order valence-corrected chi connectivity index (χ3v) is 3.81. The molecule has 0 unspecified atom stereocenters. The Hall–Kier alpha value is -0.460. The van der Waals surface area contributed by atoms with Crippen molar-refractivity contribution in [3.63, 3.8) is 0 Å². The number of nitrogens with zero attached hydrogens (tertiary/aromatic N) is 1. The first kappa shape index (κ1) is 14.6. The lowest BCUT2D eigenvalue weighted by Crippen LogP contribution is -2.24. The first-order valence-electron chi connectivity index (χ1n) is 5.08. The van der Waals surface area contributed by atoms with Gasteiger partial charge >= 0.3 is 0 Å². The number of hydrogen-bond donors (Lipinski definition) is 0. The number of benzene rings is 1. The lowest BCUT2D eigenvalue weighted by molar-refractivity contribution is 0.346. The summed E-state index contributed by atoms with van der Waals surface area (Å²) in [5.41, 5.74) is 0.939. The van der Waals surface area contributed by atoms with Gasteiger partial charge in [0.15, 0.2) is 0 Å². The minimum Gasteiger partial charge on any atom is -0.301 e. The summed E-state index contributed by atoms with van der Waals surface area (Å²) in [6.45, 7) is 1.06. The lowest BCUT2D eigenvalue weighted by atomic mass is 10.2. The summed E-state index contributed by atoms with van der Waals surface area (Å²) in [6, 6.07) is 4.78. The zero-order valence-electron chi connectivity index (χ0n) is 9.78. The maximum atomic E-state index is 13.0. The van der Waals surface area contributed by atoms with Gasteiger partial charge in [0, 0.05) is 19.3 Å². The summed E-state index contributed by atoms with van der Waals surface area (Å²) >= 11 is 3.12. The Morgan fingerprint density at radius 2 is 2.06 bits per heavy atom. The molecular weight excluding hydrogens is 309 g/mol. The first-order chi connectivity index (χ1) is 7.78. The highest BCUT2D eigenvalue weighted by Crippen LogP contribution is 2.17. The first-order valence-corrected chi connectivity index (χ1v) is 7.93. The Labute approximate surface area is 110 Å². The van der Waals surface area contributed by atoms with E-state index in [2.05, 4.69) is 15.9 Å². The van der Waals surface area contributed by atoms with Crippen LogP contribution in [0.2, 0.25) is 0 Å². The van der Waals surface area contributed by atoms with Gasteiger partial charge in [0.25, 0.3) is 0 Å². The highest BCUT2D eigenvalue weighted by molar-refractivity contribution is 9.10. The van der Waals surface area contributed by atoms with Crippen LogP contribution in [0.3, 0.4) is 0 Å². The second kappa shape index (κ2) is 5.93. The maximum absolute atomic E-state index is 13.0. The van der Waals surface area contributed by atoms with E-state index in [1.807, 2.05) is 11.9 Å². The van der Waals surface area contributed by atoms with Crippen molar-refractivity contribution in [3.8, 4) is 0 Å². The van der Waals surface area contributed by atoms with E-state index >= 15 is 0 Å². The van der Waals surface area contributed by atoms with Crippen molar-refractivity contribution in [1.82, 2.24) is 4.90 Å². The molecule has 0 amide bonds. The largest absolute Gasteiger partial charge is 0.301 e. The van der Waals surface area contributed by atoms with Gasteiger partial charge in [-0.1, -0.05) is 6.07 Å². The summed E-state index contributed by atoms with van der Waals surface area (Å²) in [7, 11) is -1.10. The average Bonchev–Trinajstić information content (AvgIpc) is 2.20. The van der Waals surface area contributed by atoms with Crippen LogP contribution in [0.25, 0.3) is 0 Å². The average molecular weight is 324 g/mol. The molecule has 0 radical (unpaired) electrons. The molecule has 0 aliphatic rings. The van der Waals surface area contributed by atoms with Gasteiger partial charge in [-0.25, -0.2) is 12.8 Å². The molecule has 3 nitrogen and oxygen atoms in total. The van der Waals surface area contributed by atoms with E-state index in [1.54, 1.807) is 12.1 Å². The van der Waals surface area contributed by atoms with Crippen molar-refractivity contribution in [1.29, 1.82) is 0 Å². The number of halogens is 2. The van der Waals surface area contributed by atoms with Crippen LogP contribution in [0.4, 0.5) is 4.39 Å². The highest BCUT2D eigenvalue weighted by atomic mass is 79.9. The number of hydrogen-bond acceptors (Lipinski definition) is 3. The van der Waals surface area contributed by atoms with Crippen molar-refractivity contribution >= 4 is 25.8 Å². The maximum Gasteiger partial charge on any atom is 0.148 e. The third kappa shape index (κ3) is 5.61. The highest BCUT2D eigenvalue weighted by Gasteiger charge is 2.07. The molecule has 6 heteroatoms. The molecule has 1 aromatic rings. The van der Waals surface area contributed by atoms with E-state index in [1.165, 1.54) is 12.3 Å². The molecule has 0 saturated carbocycles. The molecule has 96 valence electrons. The summed E-state index contributed by atoms with van der Waals surface area (Å²) in [5, 5.41) is 0. The van der Waals surface area contributed by atoms with Crippen molar-refractivity contribution in [2.45, 2.75) is 6.54 Å². The van der Waals surface area contributed by atoms with E-state index in [-0.39, 0.29) is 11.6 Å². The van der Waals surface area contributed by atoms with Gasteiger partial charge in [-0.15, -0.1) is 0 Å². The molecule has 0 bridgehead atoms. The lowest BCUT2D eigenvalue weighted by Gasteiger charge is -2.16. The Bertz CT molecular complexity index is 490. The molecule has 0 aromatic heterocycles. The molecule has 1 aromatic carbocycles. The zero-order valence-corrected chi connectivity index (χ0v) is 12.2. The normalized spacial score (nSPS) is 12.1. The fourth-order valence-electron chi connectivity index (χ4n) is 1.35. The summed E-state index contributed by atoms with van der Waals surface area (Å²) in [5.74, 6) is -0.168. The van der Waals surface area contributed by atoms with E-state index < -0.39 is 9.84 Å². The van der Waals surface area contributed by atoms with Gasteiger partial charge in [-0.2, -0.15) is 0 Å². The van der Waals surface area contributed by atoms with E-state index in [9.17, 15) is 12.8 Å². The Kier molecular flexibility index (Phi) is 5.09. The second-order valence-corrected chi connectivity index (χ2v) is 7.23. The topological polar surface area (TPSA) is 37.4 Å². The smallest absolute Gasteiger partial charge is 0.148 e. The van der Waals surface area contributed by atoms with Crippen LogP contribution < -0.4 is 0 Å². The minimum atomic E-state index is -2.94. The Morgan fingerprint density at radius 1 is 1.41 bits per heavy atom. The molecule has 0 atom stereocenters. The molecule has 0 spiro atoms. The van der Waals surface area contributed by atoms with Crippen molar-refractivity contribution in [3.05, 3.63) is 34.1 Å². The summed E-state index contributed by atoms with van der Waals surface area (Å²) in [4.78, 5) is 1.89. The fourth-order valence-corrected chi connectivity index (χ4v) is 2.42. The molecule has 0 saturated heterocycles. The van der Waals surface area contributed by atoms with Crippen LogP contribution in [0.1, 0.15) is 5.56 Å². The molecule has 0 N–H and O–H groups in total. The molecule has 0 heterocycles. The monoisotopic (exact) mass is 323 g/mol. The Morgan fingerprint density at radius 3 is 2.59 bits per heavy atom. The molecule has 0 aliphatic carbocycles. The van der Waals surface area contributed by atoms with Crippen LogP contribution in [-0.2, 0) is 16.4 Å². The predicted octanol–water partition coefficient (Wildman–Crippen LogP) is 2.06. The Balaban J connectivity index is 2.56. The molecule has 1 rings (SSSR count). The zero-order chi connectivity index (χ0) is 13.1. The molecular formula is C11H15BrFNO2S. The van der Waals surface area contributed by atoms with Crippen LogP contribution >= 0.6 is 15.9 Å². The van der Waals surface area contributed by atoms with Gasteiger partial charge in [-0.3, -0.25) is 0 Å². The third-order valence-electron chi connectivity index (χ3n) is 2.28. The molecule has 0 fully saturated rings. The van der Waals surface area contributed by atoms with Crippen LogP contribution in [0, 0.1) is 5.82 Å². The summed E-state index contributed by atoms with van der Waals surface area (Å²) < 4.78 is 35.4. The van der Waals surface area contributed by atoms with Crippen LogP contribution in [0.15, 0.2) is 22.7 Å². The van der Waals surface area contributed by atoms with E-state index in [4.69, 9.17) is 0 Å². The van der Waals surface area contributed by atoms with Crippen molar-refractivity contribution < 1.29 is 12.8 Å². The standard InChI is InChI=1S/C11H15BrFNO2S/c1-14(5-6-17(2,15)16)8-9-3-4-11(13)10(12)7-9/h3-4,7H,5-6,8H2,1-2H3. The number of rotatable bonds is 5. The minimum absolute atomic E-state index is 0.131. The quantitative estimate of drug-likeness (QED) is 0.832. The second-order valence-electron chi connectivity index (χ2n) is 4.12. The van der Waals surface area contributed by atoms with Crippen molar-refractivity contribution in [2.75, 3.05) is 25.6 Å². The molecule has 17 heavy (non-hydrogen) atoms.